The highest BCUT2D eigenvalue weighted by Crippen LogP contribution is 2.29. The second-order valence-corrected chi connectivity index (χ2v) is 8.11. The van der Waals surface area contributed by atoms with Gasteiger partial charge in [0.05, 0.1) is 23.7 Å². The molecule has 0 aliphatic rings. The van der Waals surface area contributed by atoms with Gasteiger partial charge in [-0.05, 0) is 43.3 Å². The van der Waals surface area contributed by atoms with E-state index in [-0.39, 0.29) is 22.3 Å². The lowest BCUT2D eigenvalue weighted by atomic mass is 10.2. The van der Waals surface area contributed by atoms with E-state index in [9.17, 15) is 18.3 Å². The van der Waals surface area contributed by atoms with Gasteiger partial charge in [0, 0.05) is 12.3 Å². The summed E-state index contributed by atoms with van der Waals surface area (Å²) in [5.74, 6) is -0.194. The van der Waals surface area contributed by atoms with E-state index in [1.54, 1.807) is 19.1 Å². The average molecular weight is 406 g/mol. The molecule has 0 bridgehead atoms. The van der Waals surface area contributed by atoms with E-state index in [2.05, 4.69) is 6.58 Å². The van der Waals surface area contributed by atoms with Crippen molar-refractivity contribution in [3.63, 3.8) is 0 Å². The fraction of sp³-hybridized carbons (Fsp3) is 0.250. The van der Waals surface area contributed by atoms with Crippen molar-refractivity contribution in [3.8, 4) is 17.2 Å². The second-order valence-electron chi connectivity index (χ2n) is 6.10. The van der Waals surface area contributed by atoms with E-state index in [1.807, 2.05) is 0 Å². The zero-order chi connectivity index (χ0) is 20.7. The Labute approximate surface area is 164 Å². The molecule has 150 valence electrons. The molecule has 2 rings (SSSR count). The van der Waals surface area contributed by atoms with E-state index in [4.69, 9.17) is 14.2 Å². The average Bonchev–Trinajstić information content (AvgIpc) is 2.61. The molecule has 0 saturated heterocycles. The molecule has 0 heterocycles. The normalized spacial score (nSPS) is 12.2. The van der Waals surface area contributed by atoms with E-state index >= 15 is 0 Å². The number of hydrogen-bond acceptors (Lipinski definition) is 6. The minimum absolute atomic E-state index is 0.000494. The van der Waals surface area contributed by atoms with Crippen LogP contribution in [-0.2, 0) is 14.6 Å². The lowest BCUT2D eigenvalue weighted by Gasteiger charge is -2.16. The fourth-order valence-electron chi connectivity index (χ4n) is 2.30. The number of benzene rings is 2. The molecule has 8 heteroatoms. The molecule has 0 radical (unpaired) electrons. The number of carboxylic acids is 1. The van der Waals surface area contributed by atoms with Crippen molar-refractivity contribution in [2.75, 3.05) is 19.5 Å². The summed E-state index contributed by atoms with van der Waals surface area (Å²) in [6, 6.07) is 10.1. The summed E-state index contributed by atoms with van der Waals surface area (Å²) in [4.78, 5) is 11.6. The number of hydrogen-bond donors (Lipinski definition) is 1. The number of sulfone groups is 1. The maximum Gasteiger partial charge on any atom is 0.335 e. The largest absolute Gasteiger partial charge is 0.488 e. The van der Waals surface area contributed by atoms with Crippen LogP contribution in [0.25, 0.3) is 0 Å². The number of ether oxygens (including phenoxy) is 3. The van der Waals surface area contributed by atoms with Gasteiger partial charge >= 0.3 is 5.97 Å². The Morgan fingerprint density at radius 1 is 1.14 bits per heavy atom. The molecule has 0 unspecified atom stereocenters. The molecule has 0 amide bonds. The van der Waals surface area contributed by atoms with Crippen LogP contribution in [0, 0.1) is 0 Å². The smallest absolute Gasteiger partial charge is 0.335 e. The van der Waals surface area contributed by atoms with Crippen LogP contribution in [0.3, 0.4) is 0 Å². The minimum atomic E-state index is -3.31. The first-order valence-electron chi connectivity index (χ1n) is 8.40. The summed E-state index contributed by atoms with van der Waals surface area (Å²) >= 11 is 0. The van der Waals surface area contributed by atoms with Crippen molar-refractivity contribution < 1.29 is 32.5 Å². The van der Waals surface area contributed by atoms with Crippen molar-refractivity contribution in [2.45, 2.75) is 17.9 Å². The lowest BCUT2D eigenvalue weighted by Crippen LogP contribution is -2.19. The van der Waals surface area contributed by atoms with Crippen LogP contribution < -0.4 is 9.47 Å². The van der Waals surface area contributed by atoms with Crippen LogP contribution in [0.15, 0.2) is 60.0 Å². The Morgan fingerprint density at radius 2 is 1.79 bits per heavy atom. The Kier molecular flexibility index (Phi) is 7.19. The molecule has 1 N–H and O–H groups in total. The van der Waals surface area contributed by atoms with Gasteiger partial charge in [-0.25, -0.2) is 13.2 Å². The molecule has 7 nitrogen and oxygen atoms in total. The Morgan fingerprint density at radius 3 is 2.36 bits per heavy atom. The quantitative estimate of drug-likeness (QED) is 0.476. The van der Waals surface area contributed by atoms with E-state index in [0.29, 0.717) is 24.7 Å². The predicted octanol–water partition coefficient (Wildman–Crippen LogP) is 3.55. The van der Waals surface area contributed by atoms with Gasteiger partial charge in [-0.3, -0.25) is 0 Å². The molecule has 2 aromatic rings. The van der Waals surface area contributed by atoms with E-state index in [1.165, 1.54) is 36.4 Å². The molecule has 0 aromatic heterocycles. The minimum Gasteiger partial charge on any atom is -0.488 e. The second kappa shape index (κ2) is 9.38. The van der Waals surface area contributed by atoms with Crippen LogP contribution in [-0.4, -0.2) is 45.1 Å². The highest BCUT2D eigenvalue weighted by Gasteiger charge is 2.13. The highest BCUT2D eigenvalue weighted by molar-refractivity contribution is 7.90. The highest BCUT2D eigenvalue weighted by atomic mass is 32.2. The molecule has 0 aliphatic heterocycles. The Hall–Kier alpha value is -2.84. The molecule has 28 heavy (non-hydrogen) atoms. The zero-order valence-electron chi connectivity index (χ0n) is 15.6. The SMILES string of the molecule is C=CCOC[C@H](C)Oc1cc(Oc2ccc(S(C)(=O)=O)cc2)cc(C(=O)O)c1. The van der Waals surface area contributed by atoms with Crippen LogP contribution in [0.4, 0.5) is 0 Å². The Bertz CT molecular complexity index is 934. The van der Waals surface area contributed by atoms with Gasteiger partial charge in [0.1, 0.15) is 23.4 Å². The standard InChI is InChI=1S/C20H22O7S/c1-4-9-25-13-14(2)26-17-10-15(20(21)22)11-18(12-17)27-16-5-7-19(8-6-16)28(3,23)24/h4-8,10-12,14H,1,9,13H2,2-3H3,(H,21,22)/t14-/m0/s1. The van der Waals surface area contributed by atoms with Crippen LogP contribution in [0.2, 0.25) is 0 Å². The lowest BCUT2D eigenvalue weighted by molar-refractivity contribution is 0.0687. The summed E-state index contributed by atoms with van der Waals surface area (Å²) in [6.45, 7) is 6.06. The number of aromatic carboxylic acids is 1. The molecular weight excluding hydrogens is 384 g/mol. The van der Waals surface area contributed by atoms with Crippen LogP contribution >= 0.6 is 0 Å². The summed E-state index contributed by atoms with van der Waals surface area (Å²) in [5.41, 5.74) is -0.000494. The van der Waals surface area contributed by atoms with Crippen molar-refractivity contribution in [1.82, 2.24) is 0 Å². The van der Waals surface area contributed by atoms with Crippen LogP contribution in [0.5, 0.6) is 17.2 Å². The van der Waals surface area contributed by atoms with Crippen LogP contribution in [0.1, 0.15) is 17.3 Å². The monoisotopic (exact) mass is 406 g/mol. The first kappa shape index (κ1) is 21.5. The van der Waals surface area contributed by atoms with Crippen molar-refractivity contribution in [1.29, 1.82) is 0 Å². The fourth-order valence-corrected chi connectivity index (χ4v) is 2.93. The number of carboxylic acid groups (broad SMARTS) is 1. The molecule has 0 spiro atoms. The molecular formula is C20H22O7S. The maximum absolute atomic E-state index is 11.5. The summed E-state index contributed by atoms with van der Waals surface area (Å²) in [6.07, 6.45) is 2.42. The molecule has 1 atom stereocenters. The summed E-state index contributed by atoms with van der Waals surface area (Å²) in [7, 11) is -3.31. The predicted molar refractivity (Wildman–Crippen MR) is 104 cm³/mol. The van der Waals surface area contributed by atoms with Gasteiger partial charge in [-0.2, -0.15) is 0 Å². The van der Waals surface area contributed by atoms with Gasteiger partial charge in [0.2, 0.25) is 0 Å². The molecule has 0 fully saturated rings. The van der Waals surface area contributed by atoms with Gasteiger partial charge in [0.25, 0.3) is 0 Å². The Balaban J connectivity index is 2.20. The van der Waals surface area contributed by atoms with Gasteiger partial charge in [-0.1, -0.05) is 6.08 Å². The summed E-state index contributed by atoms with van der Waals surface area (Å²) in [5, 5.41) is 9.32. The third kappa shape index (κ3) is 6.40. The van der Waals surface area contributed by atoms with Crippen molar-refractivity contribution in [3.05, 3.63) is 60.7 Å². The number of rotatable bonds is 10. The first-order chi connectivity index (χ1) is 13.2. The van der Waals surface area contributed by atoms with E-state index < -0.39 is 15.8 Å². The molecule has 2 aromatic carbocycles. The van der Waals surface area contributed by atoms with Crippen molar-refractivity contribution in [2.24, 2.45) is 0 Å². The zero-order valence-corrected chi connectivity index (χ0v) is 16.4. The molecule has 0 saturated carbocycles. The van der Waals surface area contributed by atoms with Crippen molar-refractivity contribution >= 4 is 15.8 Å². The first-order valence-corrected chi connectivity index (χ1v) is 10.3. The maximum atomic E-state index is 11.5. The van der Waals surface area contributed by atoms with Gasteiger partial charge in [-0.15, -0.1) is 6.58 Å². The van der Waals surface area contributed by atoms with E-state index in [0.717, 1.165) is 6.26 Å². The third-order valence-electron chi connectivity index (χ3n) is 3.54. The topological polar surface area (TPSA) is 99.1 Å². The summed E-state index contributed by atoms with van der Waals surface area (Å²) < 4.78 is 39.8. The molecule has 0 aliphatic carbocycles. The number of carbonyl (C=O) groups is 1. The van der Waals surface area contributed by atoms with Gasteiger partial charge in [0.15, 0.2) is 9.84 Å². The van der Waals surface area contributed by atoms with Gasteiger partial charge < -0.3 is 19.3 Å². The third-order valence-corrected chi connectivity index (χ3v) is 4.67.